The summed E-state index contributed by atoms with van der Waals surface area (Å²) in [7, 11) is 0. The summed E-state index contributed by atoms with van der Waals surface area (Å²) in [5.74, 6) is 0.831. The molecule has 0 amide bonds. The molecule has 4 rings (SSSR count). The Kier molecular flexibility index (Phi) is 4.09. The van der Waals surface area contributed by atoms with E-state index in [1.807, 2.05) is 12.1 Å². The second kappa shape index (κ2) is 6.30. The maximum Gasteiger partial charge on any atom is 0.431 e. The first kappa shape index (κ1) is 16.9. The minimum atomic E-state index is -4.44. The van der Waals surface area contributed by atoms with Crippen molar-refractivity contribution in [3.63, 3.8) is 0 Å². The number of alkyl halides is 3. The molecule has 1 aliphatic carbocycles. The molecule has 26 heavy (non-hydrogen) atoms. The lowest BCUT2D eigenvalue weighted by atomic mass is 9.78. The zero-order valence-corrected chi connectivity index (χ0v) is 14.3. The zero-order chi connectivity index (χ0) is 18.3. The number of benzene rings is 1. The number of fused-ring (bicyclic) bond motifs is 2. The van der Waals surface area contributed by atoms with Crippen molar-refractivity contribution in [2.24, 2.45) is 5.92 Å². The average molecular weight is 360 g/mol. The van der Waals surface area contributed by atoms with E-state index in [1.54, 1.807) is 0 Å². The molecular formula is C19H19F3N4. The molecule has 7 heteroatoms. The summed E-state index contributed by atoms with van der Waals surface area (Å²) in [6.45, 7) is 2.14. The highest BCUT2D eigenvalue weighted by atomic mass is 19.4. The number of anilines is 1. The van der Waals surface area contributed by atoms with Crippen LogP contribution >= 0.6 is 0 Å². The lowest BCUT2D eigenvalue weighted by Crippen LogP contribution is -2.26. The molecule has 0 spiro atoms. The number of aromatic nitrogens is 3. The monoisotopic (exact) mass is 360 g/mol. The fraction of sp³-hybridized carbons (Fsp3) is 0.368. The van der Waals surface area contributed by atoms with Gasteiger partial charge < -0.3 is 10.3 Å². The number of aryl methyl sites for hydroxylation is 1. The van der Waals surface area contributed by atoms with Crippen molar-refractivity contribution < 1.29 is 13.2 Å². The molecule has 136 valence electrons. The zero-order valence-electron chi connectivity index (χ0n) is 14.3. The van der Waals surface area contributed by atoms with Crippen molar-refractivity contribution in [3.05, 3.63) is 53.5 Å². The molecule has 3 aromatic rings. The summed E-state index contributed by atoms with van der Waals surface area (Å²) in [5, 5.41) is 3.77. The van der Waals surface area contributed by atoms with Gasteiger partial charge >= 0.3 is 6.18 Å². The second-order valence-corrected chi connectivity index (χ2v) is 6.69. The van der Waals surface area contributed by atoms with E-state index in [9.17, 15) is 13.2 Å². The molecule has 1 aromatic carbocycles. The minimum Gasteiger partial charge on any atom is -0.362 e. The van der Waals surface area contributed by atoms with Gasteiger partial charge in [-0.25, -0.2) is 9.97 Å². The predicted molar refractivity (Wildman–Crippen MR) is 93.8 cm³/mol. The van der Waals surface area contributed by atoms with Crippen LogP contribution in [0.2, 0.25) is 0 Å². The summed E-state index contributed by atoms with van der Waals surface area (Å²) >= 11 is 0. The molecule has 0 bridgehead atoms. The molecule has 0 saturated heterocycles. The molecule has 2 N–H and O–H groups in total. The van der Waals surface area contributed by atoms with Crippen LogP contribution < -0.4 is 5.32 Å². The molecule has 0 fully saturated rings. The van der Waals surface area contributed by atoms with Gasteiger partial charge in [-0.3, -0.25) is 0 Å². The van der Waals surface area contributed by atoms with Gasteiger partial charge in [0.05, 0.1) is 11.4 Å². The second-order valence-electron chi connectivity index (χ2n) is 6.69. The molecule has 0 unspecified atom stereocenters. The topological polar surface area (TPSA) is 53.6 Å². The summed E-state index contributed by atoms with van der Waals surface area (Å²) in [4.78, 5) is 10.5. The van der Waals surface area contributed by atoms with E-state index in [2.05, 4.69) is 39.3 Å². The Morgan fingerprint density at radius 3 is 2.81 bits per heavy atom. The van der Waals surface area contributed by atoms with Gasteiger partial charge in [0.1, 0.15) is 23.5 Å². The number of hydrogen-bond acceptors (Lipinski definition) is 3. The molecule has 0 radical (unpaired) electrons. The van der Waals surface area contributed by atoms with E-state index < -0.39 is 11.9 Å². The van der Waals surface area contributed by atoms with E-state index in [4.69, 9.17) is 0 Å². The maximum atomic E-state index is 13.0. The summed E-state index contributed by atoms with van der Waals surface area (Å²) in [6, 6.07) is 9.32. The molecule has 2 aromatic heterocycles. The van der Waals surface area contributed by atoms with E-state index in [1.165, 1.54) is 17.5 Å². The van der Waals surface area contributed by atoms with E-state index in [0.29, 0.717) is 17.1 Å². The van der Waals surface area contributed by atoms with Gasteiger partial charge in [0.25, 0.3) is 0 Å². The van der Waals surface area contributed by atoms with Gasteiger partial charge in [0.15, 0.2) is 0 Å². The Hall–Kier alpha value is -2.57. The standard InChI is InChI=1S/C19H19F3N4/c1-2-11-7-8-12-5-3-4-6-13(12)16(11)26-18-14-9-15(19(20,21)22)25-17(14)23-10-24-18/h3-6,9-11,16H,2,7-8H2,1H3,(H2,23,24,25,26)/t11-,16-/m1/s1. The van der Waals surface area contributed by atoms with Crippen molar-refractivity contribution in [2.75, 3.05) is 5.32 Å². The quantitative estimate of drug-likeness (QED) is 0.683. The Bertz CT molecular complexity index is 932. The fourth-order valence-electron chi connectivity index (χ4n) is 3.82. The number of nitrogens with one attached hydrogen (secondary N) is 2. The first-order valence-electron chi connectivity index (χ1n) is 8.72. The molecule has 0 saturated carbocycles. The van der Waals surface area contributed by atoms with E-state index in [-0.39, 0.29) is 11.7 Å². The summed E-state index contributed by atoms with van der Waals surface area (Å²) < 4.78 is 39.1. The van der Waals surface area contributed by atoms with Crippen LogP contribution in [-0.4, -0.2) is 15.0 Å². The predicted octanol–water partition coefficient (Wildman–Crippen LogP) is 5.10. The van der Waals surface area contributed by atoms with E-state index in [0.717, 1.165) is 25.3 Å². The summed E-state index contributed by atoms with van der Waals surface area (Å²) in [6.07, 6.45) is -0.103. The SMILES string of the molecule is CC[C@@H]1CCc2ccccc2[C@@H]1Nc1ncnc2[nH]c(C(F)(F)F)cc12. The first-order valence-corrected chi connectivity index (χ1v) is 8.72. The number of halogens is 3. The Morgan fingerprint density at radius 2 is 2.04 bits per heavy atom. The third kappa shape index (κ3) is 2.91. The molecular weight excluding hydrogens is 341 g/mol. The van der Waals surface area contributed by atoms with E-state index >= 15 is 0 Å². The number of hydrogen-bond donors (Lipinski definition) is 2. The number of aromatic amines is 1. The number of H-pyrrole nitrogens is 1. The van der Waals surface area contributed by atoms with Crippen LogP contribution in [0.15, 0.2) is 36.7 Å². The highest BCUT2D eigenvalue weighted by molar-refractivity contribution is 5.88. The van der Waals surface area contributed by atoms with Crippen LogP contribution in [0.3, 0.4) is 0 Å². The molecule has 1 aliphatic rings. The fourth-order valence-corrected chi connectivity index (χ4v) is 3.82. The van der Waals surface area contributed by atoms with Gasteiger partial charge in [-0.15, -0.1) is 0 Å². The molecule has 2 atom stereocenters. The highest BCUT2D eigenvalue weighted by Gasteiger charge is 2.34. The van der Waals surface area contributed by atoms with Gasteiger partial charge in [-0.05, 0) is 36.0 Å². The van der Waals surface area contributed by atoms with Crippen molar-refractivity contribution in [1.82, 2.24) is 15.0 Å². The van der Waals surface area contributed by atoms with Crippen LogP contribution in [0, 0.1) is 5.92 Å². The highest BCUT2D eigenvalue weighted by Crippen LogP contribution is 2.39. The van der Waals surface area contributed by atoms with Gasteiger partial charge in [0, 0.05) is 0 Å². The van der Waals surface area contributed by atoms with Crippen molar-refractivity contribution in [3.8, 4) is 0 Å². The smallest absolute Gasteiger partial charge is 0.362 e. The van der Waals surface area contributed by atoms with Crippen molar-refractivity contribution >= 4 is 16.9 Å². The van der Waals surface area contributed by atoms with Crippen LogP contribution in [0.25, 0.3) is 11.0 Å². The molecule has 2 heterocycles. The Balaban J connectivity index is 1.76. The normalized spacial score (nSPS) is 20.2. The van der Waals surface area contributed by atoms with Crippen LogP contribution in [0.4, 0.5) is 19.0 Å². The van der Waals surface area contributed by atoms with Gasteiger partial charge in [0.2, 0.25) is 0 Å². The lowest BCUT2D eigenvalue weighted by molar-refractivity contribution is -0.140. The third-order valence-electron chi connectivity index (χ3n) is 5.19. The third-order valence-corrected chi connectivity index (χ3v) is 5.19. The largest absolute Gasteiger partial charge is 0.431 e. The Labute approximate surface area is 148 Å². The molecule has 0 aliphatic heterocycles. The van der Waals surface area contributed by atoms with Crippen molar-refractivity contribution in [2.45, 2.75) is 38.4 Å². The van der Waals surface area contributed by atoms with Crippen LogP contribution in [0.1, 0.15) is 42.6 Å². The minimum absolute atomic E-state index is 0.0206. The summed E-state index contributed by atoms with van der Waals surface area (Å²) in [5.41, 5.74) is 1.85. The van der Waals surface area contributed by atoms with Gasteiger partial charge in [-0.2, -0.15) is 13.2 Å². The lowest BCUT2D eigenvalue weighted by Gasteiger charge is -2.34. The van der Waals surface area contributed by atoms with Crippen LogP contribution in [-0.2, 0) is 12.6 Å². The van der Waals surface area contributed by atoms with Crippen molar-refractivity contribution in [1.29, 1.82) is 0 Å². The number of rotatable bonds is 3. The average Bonchev–Trinajstić information content (AvgIpc) is 3.08. The number of nitrogens with zero attached hydrogens (tertiary/aromatic N) is 2. The van der Waals surface area contributed by atoms with Gasteiger partial charge in [-0.1, -0.05) is 37.6 Å². The Morgan fingerprint density at radius 1 is 1.23 bits per heavy atom. The van der Waals surface area contributed by atoms with Crippen LogP contribution in [0.5, 0.6) is 0 Å². The maximum absolute atomic E-state index is 13.0. The first-order chi connectivity index (χ1) is 12.5. The molecule has 4 nitrogen and oxygen atoms in total.